The highest BCUT2D eigenvalue weighted by Crippen LogP contribution is 2.45. The molecule has 3 aromatic heterocycles. The van der Waals surface area contributed by atoms with Gasteiger partial charge < -0.3 is 4.57 Å². The van der Waals surface area contributed by atoms with Crippen molar-refractivity contribution in [3.05, 3.63) is 194 Å². The number of hydrogen-bond acceptors (Lipinski definition) is 4. The summed E-state index contributed by atoms with van der Waals surface area (Å²) in [5.74, 6) is 1.92. The van der Waals surface area contributed by atoms with E-state index in [-0.39, 0.29) is 0 Å². The Morgan fingerprint density at radius 3 is 1.59 bits per heavy atom. The van der Waals surface area contributed by atoms with Gasteiger partial charge >= 0.3 is 0 Å². The first-order valence-electron chi connectivity index (χ1n) is 19.5. The van der Waals surface area contributed by atoms with E-state index in [9.17, 15) is 0 Å². The second-order valence-corrected chi connectivity index (χ2v) is 15.8. The number of rotatable bonds is 5. The first-order chi connectivity index (χ1) is 28.7. The molecule has 0 unspecified atom stereocenters. The molecule has 0 fully saturated rings. The van der Waals surface area contributed by atoms with Gasteiger partial charge in [0, 0.05) is 53.3 Å². The number of benzene rings is 9. The molecule has 0 aliphatic carbocycles. The summed E-state index contributed by atoms with van der Waals surface area (Å²) in [6.45, 7) is 0. The summed E-state index contributed by atoms with van der Waals surface area (Å²) in [6, 6.07) is 69.1. The molecule has 0 N–H and O–H groups in total. The normalized spacial score (nSPS) is 11.8. The molecule has 3 heterocycles. The van der Waals surface area contributed by atoms with E-state index >= 15 is 0 Å². The summed E-state index contributed by atoms with van der Waals surface area (Å²) in [6.07, 6.45) is 0. The number of hydrogen-bond donors (Lipinski definition) is 0. The minimum atomic E-state index is 0.635. The molecule has 0 aliphatic heterocycles. The summed E-state index contributed by atoms with van der Waals surface area (Å²) < 4.78 is 4.82. The van der Waals surface area contributed by atoms with Gasteiger partial charge in [0.2, 0.25) is 0 Å². The summed E-state index contributed by atoms with van der Waals surface area (Å²) in [5, 5.41) is 9.86. The van der Waals surface area contributed by atoms with Crippen molar-refractivity contribution in [3.63, 3.8) is 0 Å². The Labute approximate surface area is 338 Å². The lowest BCUT2D eigenvalue weighted by atomic mass is 10.00. The van der Waals surface area contributed by atoms with Crippen molar-refractivity contribution in [1.29, 1.82) is 0 Å². The van der Waals surface area contributed by atoms with E-state index in [0.29, 0.717) is 17.5 Å². The van der Waals surface area contributed by atoms with Crippen LogP contribution in [-0.4, -0.2) is 19.5 Å². The van der Waals surface area contributed by atoms with Gasteiger partial charge in [-0.1, -0.05) is 158 Å². The van der Waals surface area contributed by atoms with E-state index in [1.165, 1.54) is 47.8 Å². The van der Waals surface area contributed by atoms with Crippen LogP contribution in [0.3, 0.4) is 0 Å². The van der Waals surface area contributed by atoms with E-state index in [2.05, 4.69) is 174 Å². The lowest BCUT2D eigenvalue weighted by Crippen LogP contribution is -2.01. The number of aromatic nitrogens is 4. The third kappa shape index (κ3) is 5.18. The molecular formula is C53H32N4S. The first kappa shape index (κ1) is 32.7. The maximum atomic E-state index is 5.36. The van der Waals surface area contributed by atoms with Gasteiger partial charge in [0.15, 0.2) is 17.5 Å². The zero-order valence-electron chi connectivity index (χ0n) is 31.2. The summed E-state index contributed by atoms with van der Waals surface area (Å²) in [7, 11) is 0. The Balaban J connectivity index is 1.18. The molecule has 0 atom stereocenters. The van der Waals surface area contributed by atoms with E-state index in [4.69, 9.17) is 15.0 Å². The van der Waals surface area contributed by atoms with Gasteiger partial charge in [0.1, 0.15) is 0 Å². The molecule has 0 saturated heterocycles. The summed E-state index contributed by atoms with van der Waals surface area (Å²) in [4.78, 5) is 15.8. The monoisotopic (exact) mass is 756 g/mol. The Morgan fingerprint density at radius 1 is 0.362 bits per heavy atom. The Hall–Kier alpha value is -7.47. The van der Waals surface area contributed by atoms with Gasteiger partial charge in [-0.3, -0.25) is 0 Å². The second-order valence-electron chi connectivity index (χ2n) is 14.8. The second kappa shape index (κ2) is 13.1. The highest BCUT2D eigenvalue weighted by molar-refractivity contribution is 7.26. The fraction of sp³-hybridized carbons (Fsp3) is 0. The standard InChI is InChI=1S/C53H32N4S/c1-3-14-33(15-4-1)37-20-13-21-38(30-37)52-54-51(36-18-5-2-6-19-36)55-53(56-52)44-32-39(31-43-42-24-11-12-25-47(42)58-50(43)44)57-45-28-26-34-16-7-9-22-40(34)48(45)49-41-23-10-8-17-35(41)27-29-46(49)57/h1-32H. The van der Waals surface area contributed by atoms with Crippen molar-refractivity contribution < 1.29 is 0 Å². The first-order valence-corrected chi connectivity index (χ1v) is 20.3. The highest BCUT2D eigenvalue weighted by Gasteiger charge is 2.22. The van der Waals surface area contributed by atoms with Crippen molar-refractivity contribution in [2.45, 2.75) is 0 Å². The Bertz CT molecular complexity index is 3470. The highest BCUT2D eigenvalue weighted by atomic mass is 32.1. The van der Waals surface area contributed by atoms with Gasteiger partial charge in [-0.15, -0.1) is 11.3 Å². The van der Waals surface area contributed by atoms with Crippen LogP contribution in [0.25, 0.3) is 115 Å². The van der Waals surface area contributed by atoms with Crippen LogP contribution in [0.1, 0.15) is 0 Å². The molecule has 5 heteroatoms. The van der Waals surface area contributed by atoms with E-state index in [0.717, 1.165) is 49.2 Å². The Kier molecular flexibility index (Phi) is 7.37. The molecule has 4 nitrogen and oxygen atoms in total. The van der Waals surface area contributed by atoms with Crippen molar-refractivity contribution in [3.8, 4) is 51.0 Å². The van der Waals surface area contributed by atoms with Gasteiger partial charge in [0.05, 0.1) is 11.0 Å². The average molecular weight is 757 g/mol. The molecule has 0 aliphatic rings. The molecule has 9 aromatic carbocycles. The molecule has 0 bridgehead atoms. The van der Waals surface area contributed by atoms with Crippen LogP contribution < -0.4 is 0 Å². The van der Waals surface area contributed by atoms with Gasteiger partial charge in [-0.05, 0) is 69.1 Å². The van der Waals surface area contributed by atoms with Crippen LogP contribution in [0.15, 0.2) is 194 Å². The predicted octanol–water partition coefficient (Wildman–Crippen LogP) is 14.3. The van der Waals surface area contributed by atoms with Crippen molar-refractivity contribution in [2.75, 3.05) is 0 Å². The third-order valence-corrected chi connectivity index (χ3v) is 12.6. The maximum absolute atomic E-state index is 5.36. The molecule has 12 rings (SSSR count). The number of thiophene rings is 1. The molecule has 58 heavy (non-hydrogen) atoms. The smallest absolute Gasteiger partial charge is 0.165 e. The largest absolute Gasteiger partial charge is 0.309 e. The molecule has 12 aromatic rings. The van der Waals surface area contributed by atoms with Crippen LogP contribution in [0.5, 0.6) is 0 Å². The van der Waals surface area contributed by atoms with E-state index in [1.807, 2.05) is 24.3 Å². The topological polar surface area (TPSA) is 43.6 Å². The molecule has 270 valence electrons. The third-order valence-electron chi connectivity index (χ3n) is 11.4. The summed E-state index contributed by atoms with van der Waals surface area (Å²) >= 11 is 1.79. The fourth-order valence-electron chi connectivity index (χ4n) is 8.74. The van der Waals surface area contributed by atoms with Crippen LogP contribution in [-0.2, 0) is 0 Å². The molecular weight excluding hydrogens is 725 g/mol. The predicted molar refractivity (Wildman–Crippen MR) is 244 cm³/mol. The quantitative estimate of drug-likeness (QED) is 0.176. The van der Waals surface area contributed by atoms with Crippen molar-refractivity contribution in [2.24, 2.45) is 0 Å². The SMILES string of the molecule is c1ccc(-c2cccc(-c3nc(-c4ccccc4)nc(-c4cc(-n5c6ccc7ccccc7c6c6c7ccccc7ccc65)cc5c4sc4ccccc45)n3)c2)cc1. The molecule has 0 radical (unpaired) electrons. The van der Waals surface area contributed by atoms with Crippen molar-refractivity contribution >= 4 is 74.9 Å². The van der Waals surface area contributed by atoms with Gasteiger partial charge in [-0.2, -0.15) is 0 Å². The van der Waals surface area contributed by atoms with E-state index < -0.39 is 0 Å². The minimum absolute atomic E-state index is 0.635. The fourth-order valence-corrected chi connectivity index (χ4v) is 9.94. The van der Waals surface area contributed by atoms with Gasteiger partial charge in [-0.25, -0.2) is 15.0 Å². The maximum Gasteiger partial charge on any atom is 0.165 e. The number of nitrogens with zero attached hydrogens (tertiary/aromatic N) is 4. The Morgan fingerprint density at radius 2 is 0.897 bits per heavy atom. The van der Waals surface area contributed by atoms with Crippen LogP contribution in [0.4, 0.5) is 0 Å². The zero-order valence-corrected chi connectivity index (χ0v) is 32.0. The van der Waals surface area contributed by atoms with Crippen molar-refractivity contribution in [1.82, 2.24) is 19.5 Å². The zero-order chi connectivity index (χ0) is 38.2. The van der Waals surface area contributed by atoms with Crippen LogP contribution in [0.2, 0.25) is 0 Å². The van der Waals surface area contributed by atoms with Crippen LogP contribution in [0, 0.1) is 0 Å². The summed E-state index contributed by atoms with van der Waals surface area (Å²) in [5.41, 5.74) is 8.50. The molecule has 0 saturated carbocycles. The molecule has 0 amide bonds. The lowest BCUT2D eigenvalue weighted by Gasteiger charge is -2.14. The lowest BCUT2D eigenvalue weighted by molar-refractivity contribution is 1.07. The minimum Gasteiger partial charge on any atom is -0.309 e. The number of fused-ring (bicyclic) bond motifs is 10. The van der Waals surface area contributed by atoms with Gasteiger partial charge in [0.25, 0.3) is 0 Å². The van der Waals surface area contributed by atoms with E-state index in [1.54, 1.807) is 11.3 Å². The molecule has 0 spiro atoms. The van der Waals surface area contributed by atoms with Crippen LogP contribution >= 0.6 is 11.3 Å². The average Bonchev–Trinajstić information content (AvgIpc) is 3.85.